The quantitative estimate of drug-likeness (QED) is 0.597. The van der Waals surface area contributed by atoms with Gasteiger partial charge in [-0.1, -0.05) is 0 Å². The van der Waals surface area contributed by atoms with Gasteiger partial charge in [-0.2, -0.15) is 0 Å². The molecular weight excluding hydrogens is 238 g/mol. The molecule has 0 aromatic rings. The molecule has 18 heavy (non-hydrogen) atoms. The van der Waals surface area contributed by atoms with Crippen LogP contribution >= 0.6 is 0 Å². The number of rotatable bonds is 7. The number of carboxylic acids is 1. The monoisotopic (exact) mass is 259 g/mol. The largest absolute Gasteiger partial charge is 0.481 e. The number of carboxylic acid groups (broad SMARTS) is 1. The Morgan fingerprint density at radius 2 is 1.89 bits per heavy atom. The van der Waals surface area contributed by atoms with Crippen molar-refractivity contribution >= 4 is 17.9 Å². The Morgan fingerprint density at radius 1 is 1.33 bits per heavy atom. The van der Waals surface area contributed by atoms with Crippen molar-refractivity contribution in [2.75, 3.05) is 19.6 Å². The summed E-state index contributed by atoms with van der Waals surface area (Å²) in [6.07, 6.45) is -0.111. The van der Waals surface area contributed by atoms with Gasteiger partial charge in [-0.05, 0) is 20.8 Å². The highest BCUT2D eigenvalue weighted by Gasteiger charge is 2.26. The zero-order valence-corrected chi connectivity index (χ0v) is 11.0. The molecule has 0 unspecified atom stereocenters. The van der Waals surface area contributed by atoms with Gasteiger partial charge in [0.1, 0.15) is 0 Å². The molecule has 0 atom stereocenters. The van der Waals surface area contributed by atoms with Gasteiger partial charge in [0.2, 0.25) is 5.91 Å². The second kappa shape index (κ2) is 6.83. The molecule has 0 spiro atoms. The van der Waals surface area contributed by atoms with E-state index in [1.807, 2.05) is 0 Å². The van der Waals surface area contributed by atoms with Crippen molar-refractivity contribution < 1.29 is 19.5 Å². The number of nitrogens with zero attached hydrogens (tertiary/aromatic N) is 1. The smallest absolute Gasteiger partial charge is 0.317 e. The summed E-state index contributed by atoms with van der Waals surface area (Å²) in [6.45, 7) is 5.66. The topological polar surface area (TPSA) is 113 Å². The maximum absolute atomic E-state index is 11.7. The summed E-state index contributed by atoms with van der Waals surface area (Å²) in [4.78, 5) is 34.6. The van der Waals surface area contributed by atoms with Crippen LogP contribution in [0.25, 0.3) is 0 Å². The lowest BCUT2D eigenvalue weighted by Gasteiger charge is -2.25. The van der Waals surface area contributed by atoms with E-state index in [1.54, 1.807) is 20.8 Å². The van der Waals surface area contributed by atoms with Gasteiger partial charge in [0.05, 0.1) is 11.8 Å². The van der Waals surface area contributed by atoms with Crippen molar-refractivity contribution in [3.63, 3.8) is 0 Å². The third-order valence-electron chi connectivity index (χ3n) is 2.61. The van der Waals surface area contributed by atoms with Crippen LogP contribution in [0, 0.1) is 5.41 Å². The maximum atomic E-state index is 11.7. The van der Waals surface area contributed by atoms with E-state index in [4.69, 9.17) is 10.8 Å². The number of nitrogens with one attached hydrogen (secondary N) is 1. The third kappa shape index (κ3) is 5.51. The summed E-state index contributed by atoms with van der Waals surface area (Å²) in [5, 5.41) is 11.1. The molecule has 0 radical (unpaired) electrons. The summed E-state index contributed by atoms with van der Waals surface area (Å²) in [7, 11) is 0. The van der Waals surface area contributed by atoms with Crippen LogP contribution in [0.1, 0.15) is 27.2 Å². The van der Waals surface area contributed by atoms with E-state index in [9.17, 15) is 14.4 Å². The number of urea groups is 1. The first-order valence-electron chi connectivity index (χ1n) is 5.75. The zero-order chi connectivity index (χ0) is 14.3. The molecule has 7 nitrogen and oxygen atoms in total. The Balaban J connectivity index is 4.28. The fourth-order valence-electron chi connectivity index (χ4n) is 1.13. The van der Waals surface area contributed by atoms with Crippen LogP contribution in [0.2, 0.25) is 0 Å². The molecule has 0 rings (SSSR count). The van der Waals surface area contributed by atoms with Crippen molar-refractivity contribution in [3.05, 3.63) is 0 Å². The van der Waals surface area contributed by atoms with E-state index in [-0.39, 0.29) is 19.5 Å². The molecule has 0 bridgehead atoms. The molecule has 104 valence electrons. The van der Waals surface area contributed by atoms with E-state index in [0.29, 0.717) is 6.54 Å². The Labute approximate surface area is 106 Å². The van der Waals surface area contributed by atoms with E-state index in [1.165, 1.54) is 4.90 Å². The molecule has 3 amide bonds. The van der Waals surface area contributed by atoms with Crippen molar-refractivity contribution in [3.8, 4) is 0 Å². The fourth-order valence-corrected chi connectivity index (χ4v) is 1.13. The van der Waals surface area contributed by atoms with Crippen LogP contribution in [-0.4, -0.2) is 47.5 Å². The average molecular weight is 259 g/mol. The number of hydrogen-bond donors (Lipinski definition) is 3. The SMILES string of the molecule is CCN(CCC(=O)O)C(=O)NCC(C)(C)C(N)=O. The maximum Gasteiger partial charge on any atom is 0.317 e. The average Bonchev–Trinajstić information content (AvgIpc) is 2.26. The van der Waals surface area contributed by atoms with Gasteiger partial charge in [0, 0.05) is 19.6 Å². The lowest BCUT2D eigenvalue weighted by atomic mass is 9.93. The van der Waals surface area contributed by atoms with E-state index in [0.717, 1.165) is 0 Å². The number of aliphatic carboxylic acids is 1. The second-order valence-corrected chi connectivity index (χ2v) is 4.63. The van der Waals surface area contributed by atoms with Crippen LogP contribution in [-0.2, 0) is 9.59 Å². The molecule has 0 aliphatic rings. The summed E-state index contributed by atoms with van der Waals surface area (Å²) in [5.74, 6) is -1.46. The number of carbonyl (C=O) groups is 3. The minimum Gasteiger partial charge on any atom is -0.481 e. The standard InChI is InChI=1S/C11H21N3O4/c1-4-14(6-5-8(15)16)10(18)13-7-11(2,3)9(12)17/h4-7H2,1-3H3,(H2,12,17)(H,13,18)(H,15,16). The summed E-state index contributed by atoms with van der Waals surface area (Å²) >= 11 is 0. The van der Waals surface area contributed by atoms with E-state index in [2.05, 4.69) is 5.32 Å². The number of primary amides is 1. The van der Waals surface area contributed by atoms with Crippen LogP contribution in [0.5, 0.6) is 0 Å². The highest BCUT2D eigenvalue weighted by molar-refractivity contribution is 5.81. The lowest BCUT2D eigenvalue weighted by Crippen LogP contribution is -2.47. The van der Waals surface area contributed by atoms with Crippen LogP contribution in [0.3, 0.4) is 0 Å². The normalized spacial score (nSPS) is 10.8. The third-order valence-corrected chi connectivity index (χ3v) is 2.61. The molecule has 0 aromatic carbocycles. The second-order valence-electron chi connectivity index (χ2n) is 4.63. The fraction of sp³-hybridized carbons (Fsp3) is 0.727. The van der Waals surface area contributed by atoms with Crippen molar-refractivity contribution in [2.24, 2.45) is 11.1 Å². The summed E-state index contributed by atoms with van der Waals surface area (Å²) in [6, 6.07) is -0.395. The number of hydrogen-bond acceptors (Lipinski definition) is 3. The molecule has 0 heterocycles. The predicted octanol–water partition coefficient (Wildman–Crippen LogP) is 0.00410. The molecule has 0 fully saturated rings. The first-order valence-corrected chi connectivity index (χ1v) is 5.75. The molecule has 7 heteroatoms. The van der Waals surface area contributed by atoms with Gasteiger partial charge in [-0.3, -0.25) is 9.59 Å². The molecule has 0 saturated heterocycles. The van der Waals surface area contributed by atoms with Crippen LogP contribution in [0.4, 0.5) is 4.79 Å². The molecular formula is C11H21N3O4. The molecule has 4 N–H and O–H groups in total. The van der Waals surface area contributed by atoms with Gasteiger partial charge in [0.25, 0.3) is 0 Å². The minimum absolute atomic E-state index is 0.111. The summed E-state index contributed by atoms with van der Waals surface area (Å²) < 4.78 is 0. The number of carbonyl (C=O) groups excluding carboxylic acids is 2. The van der Waals surface area contributed by atoms with E-state index >= 15 is 0 Å². The Bertz CT molecular complexity index is 328. The summed E-state index contributed by atoms with van der Waals surface area (Å²) in [5.41, 5.74) is 4.35. The molecule has 0 aliphatic carbocycles. The van der Waals surface area contributed by atoms with Crippen molar-refractivity contribution in [2.45, 2.75) is 27.2 Å². The highest BCUT2D eigenvalue weighted by atomic mass is 16.4. The molecule has 0 saturated carbocycles. The number of amides is 3. The Hall–Kier alpha value is -1.79. The van der Waals surface area contributed by atoms with Gasteiger partial charge in [-0.15, -0.1) is 0 Å². The first-order chi connectivity index (χ1) is 8.20. The molecule has 0 aromatic heterocycles. The minimum atomic E-state index is -0.960. The Morgan fingerprint density at radius 3 is 2.28 bits per heavy atom. The first kappa shape index (κ1) is 16.2. The van der Waals surface area contributed by atoms with Crippen LogP contribution in [0.15, 0.2) is 0 Å². The van der Waals surface area contributed by atoms with Gasteiger partial charge >= 0.3 is 12.0 Å². The van der Waals surface area contributed by atoms with E-state index < -0.39 is 23.3 Å². The van der Waals surface area contributed by atoms with Gasteiger partial charge in [-0.25, -0.2) is 4.79 Å². The van der Waals surface area contributed by atoms with Crippen molar-refractivity contribution in [1.29, 1.82) is 0 Å². The highest BCUT2D eigenvalue weighted by Crippen LogP contribution is 2.11. The zero-order valence-electron chi connectivity index (χ0n) is 11.0. The van der Waals surface area contributed by atoms with Crippen LogP contribution < -0.4 is 11.1 Å². The Kier molecular flexibility index (Phi) is 6.15. The predicted molar refractivity (Wildman–Crippen MR) is 65.9 cm³/mol. The number of nitrogens with two attached hydrogens (primary N) is 1. The molecule has 0 aliphatic heterocycles. The van der Waals surface area contributed by atoms with Gasteiger partial charge in [0.15, 0.2) is 0 Å². The van der Waals surface area contributed by atoms with Gasteiger partial charge < -0.3 is 21.1 Å². The van der Waals surface area contributed by atoms with Crippen molar-refractivity contribution in [1.82, 2.24) is 10.2 Å². The lowest BCUT2D eigenvalue weighted by molar-refractivity contribution is -0.137.